The van der Waals surface area contributed by atoms with Gasteiger partial charge < -0.3 is 10.8 Å². The fourth-order valence-electron chi connectivity index (χ4n) is 1.66. The number of nitrogen functional groups attached to an aromatic ring is 1. The van der Waals surface area contributed by atoms with E-state index in [4.69, 9.17) is 5.73 Å². The van der Waals surface area contributed by atoms with Crippen molar-refractivity contribution in [3.8, 4) is 0 Å². The predicted octanol–water partition coefficient (Wildman–Crippen LogP) is 2.03. The maximum absolute atomic E-state index is 9.25. The highest BCUT2D eigenvalue weighted by Gasteiger charge is 2.12. The first-order valence-electron chi connectivity index (χ1n) is 5.74. The fraction of sp³-hybridized carbons (Fsp3) is 0.538. The van der Waals surface area contributed by atoms with Gasteiger partial charge in [-0.05, 0) is 45.0 Å². The molecule has 0 aliphatic rings. The third-order valence-corrected chi connectivity index (χ3v) is 2.95. The molecule has 3 N–H and O–H groups in total. The molecule has 1 aromatic rings. The molecule has 0 bridgehead atoms. The summed E-state index contributed by atoms with van der Waals surface area (Å²) in [5, 5.41) is 9.25. The molecule has 0 spiro atoms. The summed E-state index contributed by atoms with van der Waals surface area (Å²) in [7, 11) is 2.07. The van der Waals surface area contributed by atoms with Crippen LogP contribution < -0.4 is 5.73 Å². The van der Waals surface area contributed by atoms with E-state index >= 15 is 0 Å². The van der Waals surface area contributed by atoms with Crippen molar-refractivity contribution in [1.82, 2.24) is 4.90 Å². The van der Waals surface area contributed by atoms with Gasteiger partial charge >= 0.3 is 0 Å². The van der Waals surface area contributed by atoms with E-state index in [0.717, 1.165) is 18.7 Å². The normalized spacial score (nSPS) is 15.1. The van der Waals surface area contributed by atoms with Gasteiger partial charge in [0.25, 0.3) is 0 Å². The lowest BCUT2D eigenvalue weighted by Crippen LogP contribution is -2.25. The molecule has 16 heavy (non-hydrogen) atoms. The number of hydrogen-bond donors (Lipinski definition) is 2. The molecule has 3 heteroatoms. The maximum atomic E-state index is 9.25. The molecular formula is C13H22N2O. The van der Waals surface area contributed by atoms with Crippen LogP contribution in [0, 0.1) is 0 Å². The van der Waals surface area contributed by atoms with Crippen molar-refractivity contribution >= 4 is 5.69 Å². The van der Waals surface area contributed by atoms with Gasteiger partial charge in [0.05, 0.1) is 6.10 Å². The van der Waals surface area contributed by atoms with Crippen molar-refractivity contribution in [2.24, 2.45) is 0 Å². The lowest BCUT2D eigenvalue weighted by Gasteiger charge is -2.25. The fourth-order valence-corrected chi connectivity index (χ4v) is 1.66. The Morgan fingerprint density at radius 1 is 1.38 bits per heavy atom. The Hall–Kier alpha value is -1.06. The Balaban J connectivity index is 2.59. The average Bonchev–Trinajstić information content (AvgIpc) is 2.24. The molecule has 0 heterocycles. The van der Waals surface area contributed by atoms with E-state index in [9.17, 15) is 5.11 Å². The minimum absolute atomic E-state index is 0.240. The Kier molecular flexibility index (Phi) is 4.77. The van der Waals surface area contributed by atoms with Crippen molar-refractivity contribution in [2.45, 2.75) is 32.4 Å². The monoisotopic (exact) mass is 222 g/mol. The van der Waals surface area contributed by atoms with Crippen LogP contribution in [0.2, 0.25) is 0 Å². The van der Waals surface area contributed by atoms with E-state index in [-0.39, 0.29) is 6.10 Å². The topological polar surface area (TPSA) is 49.5 Å². The first-order valence-corrected chi connectivity index (χ1v) is 5.74. The first kappa shape index (κ1) is 13.0. The highest BCUT2D eigenvalue weighted by molar-refractivity contribution is 5.41. The van der Waals surface area contributed by atoms with Crippen LogP contribution in [0.1, 0.15) is 31.9 Å². The van der Waals surface area contributed by atoms with Gasteiger partial charge in [0.2, 0.25) is 0 Å². The van der Waals surface area contributed by atoms with E-state index < -0.39 is 0 Å². The molecule has 90 valence electrons. The van der Waals surface area contributed by atoms with E-state index in [1.807, 2.05) is 25.1 Å². The molecule has 0 saturated heterocycles. The maximum Gasteiger partial charge on any atom is 0.0524 e. The van der Waals surface area contributed by atoms with Gasteiger partial charge in [-0.25, -0.2) is 0 Å². The Morgan fingerprint density at radius 3 is 2.62 bits per heavy atom. The third kappa shape index (κ3) is 3.83. The third-order valence-electron chi connectivity index (χ3n) is 2.95. The first-order chi connectivity index (χ1) is 7.50. The van der Waals surface area contributed by atoms with Crippen LogP contribution >= 0.6 is 0 Å². The molecule has 0 saturated carbocycles. The largest absolute Gasteiger partial charge is 0.399 e. The molecule has 0 aromatic heterocycles. The quantitative estimate of drug-likeness (QED) is 0.749. The molecule has 0 fully saturated rings. The lowest BCUT2D eigenvalue weighted by atomic mass is 10.1. The number of aliphatic hydroxyl groups excluding tert-OH is 1. The number of anilines is 1. The minimum Gasteiger partial charge on any atom is -0.399 e. The smallest absolute Gasteiger partial charge is 0.0524 e. The van der Waals surface area contributed by atoms with Crippen molar-refractivity contribution in [1.29, 1.82) is 0 Å². The zero-order valence-corrected chi connectivity index (χ0v) is 10.4. The van der Waals surface area contributed by atoms with E-state index in [0.29, 0.717) is 6.04 Å². The van der Waals surface area contributed by atoms with Crippen LogP contribution in [0.4, 0.5) is 5.69 Å². The molecule has 0 amide bonds. The van der Waals surface area contributed by atoms with Gasteiger partial charge in [0.15, 0.2) is 0 Å². The highest BCUT2D eigenvalue weighted by Crippen LogP contribution is 2.20. The van der Waals surface area contributed by atoms with Gasteiger partial charge in [0, 0.05) is 18.3 Å². The molecule has 2 atom stereocenters. The minimum atomic E-state index is -0.240. The summed E-state index contributed by atoms with van der Waals surface area (Å²) in [5.74, 6) is 0. The number of benzene rings is 1. The molecule has 0 radical (unpaired) electrons. The van der Waals surface area contributed by atoms with Crippen molar-refractivity contribution in [3.63, 3.8) is 0 Å². The Morgan fingerprint density at radius 2 is 2.06 bits per heavy atom. The van der Waals surface area contributed by atoms with E-state index in [2.05, 4.69) is 24.9 Å². The SMILES string of the molecule is CC(O)CCN(C)C(C)c1cccc(N)c1. The Bertz CT molecular complexity index is 325. The standard InChI is InChI=1S/C13H22N2O/c1-10(16)7-8-15(3)11(2)12-5-4-6-13(14)9-12/h4-6,9-11,16H,7-8,14H2,1-3H3. The number of nitrogens with zero attached hydrogens (tertiary/aromatic N) is 1. The second-order valence-electron chi connectivity index (χ2n) is 4.46. The van der Waals surface area contributed by atoms with Crippen LogP contribution in [0.3, 0.4) is 0 Å². The molecule has 2 unspecified atom stereocenters. The lowest BCUT2D eigenvalue weighted by molar-refractivity contribution is 0.153. The summed E-state index contributed by atoms with van der Waals surface area (Å²) in [5.41, 5.74) is 7.78. The van der Waals surface area contributed by atoms with Crippen molar-refractivity contribution in [2.75, 3.05) is 19.3 Å². The van der Waals surface area contributed by atoms with Crippen LogP contribution in [0.25, 0.3) is 0 Å². The molecule has 0 aliphatic heterocycles. The Labute approximate surface area is 97.9 Å². The van der Waals surface area contributed by atoms with Gasteiger partial charge in [0.1, 0.15) is 0 Å². The van der Waals surface area contributed by atoms with Crippen LogP contribution in [0.15, 0.2) is 24.3 Å². The summed E-state index contributed by atoms with van der Waals surface area (Å²) in [4.78, 5) is 2.22. The number of aliphatic hydroxyl groups is 1. The molecule has 1 aromatic carbocycles. The van der Waals surface area contributed by atoms with Crippen molar-refractivity contribution < 1.29 is 5.11 Å². The summed E-state index contributed by atoms with van der Waals surface area (Å²) in [6, 6.07) is 8.28. The summed E-state index contributed by atoms with van der Waals surface area (Å²) in [6.45, 7) is 4.85. The van der Waals surface area contributed by atoms with Crippen molar-refractivity contribution in [3.05, 3.63) is 29.8 Å². The van der Waals surface area contributed by atoms with Crippen LogP contribution in [-0.4, -0.2) is 29.7 Å². The number of hydrogen-bond acceptors (Lipinski definition) is 3. The van der Waals surface area contributed by atoms with Crippen LogP contribution in [-0.2, 0) is 0 Å². The summed E-state index contributed by atoms with van der Waals surface area (Å²) >= 11 is 0. The number of nitrogens with two attached hydrogens (primary N) is 1. The second kappa shape index (κ2) is 5.87. The molecule has 1 rings (SSSR count). The zero-order valence-electron chi connectivity index (χ0n) is 10.4. The van der Waals surface area contributed by atoms with Gasteiger partial charge in [-0.1, -0.05) is 12.1 Å². The van der Waals surface area contributed by atoms with Gasteiger partial charge in [-0.2, -0.15) is 0 Å². The summed E-state index contributed by atoms with van der Waals surface area (Å²) in [6.07, 6.45) is 0.555. The van der Waals surface area contributed by atoms with Gasteiger partial charge in [-0.15, -0.1) is 0 Å². The molecule has 0 aliphatic carbocycles. The second-order valence-corrected chi connectivity index (χ2v) is 4.46. The van der Waals surface area contributed by atoms with Gasteiger partial charge in [-0.3, -0.25) is 4.90 Å². The number of rotatable bonds is 5. The predicted molar refractivity (Wildman–Crippen MR) is 68.2 cm³/mol. The molecule has 3 nitrogen and oxygen atoms in total. The molecular weight excluding hydrogens is 200 g/mol. The van der Waals surface area contributed by atoms with E-state index in [1.165, 1.54) is 5.56 Å². The van der Waals surface area contributed by atoms with Crippen LogP contribution in [0.5, 0.6) is 0 Å². The highest BCUT2D eigenvalue weighted by atomic mass is 16.3. The zero-order chi connectivity index (χ0) is 12.1. The van der Waals surface area contributed by atoms with E-state index in [1.54, 1.807) is 0 Å². The summed E-state index contributed by atoms with van der Waals surface area (Å²) < 4.78 is 0. The average molecular weight is 222 g/mol.